The second-order valence-electron chi connectivity index (χ2n) is 10.5. The molecule has 0 amide bonds. The zero-order valence-electron chi connectivity index (χ0n) is 18.6. The van der Waals surface area contributed by atoms with E-state index in [-0.39, 0.29) is 23.7 Å². The number of rotatable bonds is 7. The van der Waals surface area contributed by atoms with Crippen molar-refractivity contribution >= 4 is 22.1 Å². The van der Waals surface area contributed by atoms with Gasteiger partial charge >= 0.3 is 27.3 Å². The molecule has 0 aromatic rings. The number of carbonyl (C=O) groups excluding carboxylic acids is 2. The average molecular weight is 467 g/mol. The summed E-state index contributed by atoms with van der Waals surface area (Å²) < 4.78 is 69.5. The molecule has 178 valence electrons. The molecule has 0 heterocycles. The molecule has 3 unspecified atom stereocenters. The van der Waals surface area contributed by atoms with Gasteiger partial charge in [0.05, 0.1) is 10.8 Å². The lowest BCUT2D eigenvalue weighted by molar-refractivity contribution is -0.233. The van der Waals surface area contributed by atoms with E-state index in [2.05, 4.69) is 0 Å². The van der Waals surface area contributed by atoms with Crippen LogP contribution in [0.15, 0.2) is 0 Å². The zero-order valence-corrected chi connectivity index (χ0v) is 19.4. The molecule has 31 heavy (non-hydrogen) atoms. The molecule has 3 atom stereocenters. The number of halogens is 2. The number of ether oxygens (including phenoxy) is 2. The third kappa shape index (κ3) is 3.87. The normalized spacial score (nSPS) is 36.2. The highest BCUT2D eigenvalue weighted by atomic mass is 32.2. The summed E-state index contributed by atoms with van der Waals surface area (Å²) in [5.41, 5.74) is -2.38. The summed E-state index contributed by atoms with van der Waals surface area (Å²) in [6.07, 6.45) is 0.997. The molecule has 4 rings (SSSR count). The Morgan fingerprint density at radius 3 is 2.13 bits per heavy atom. The fraction of sp³-hybridized carbons (Fsp3) is 0.905. The highest BCUT2D eigenvalue weighted by Crippen LogP contribution is 2.65. The number of hydrogen-bond donors (Lipinski definition) is 1. The third-order valence-electron chi connectivity index (χ3n) is 8.09. The van der Waals surface area contributed by atoms with E-state index >= 15 is 0 Å². The predicted octanol–water partition coefficient (Wildman–Crippen LogP) is 3.96. The second kappa shape index (κ2) is 7.37. The lowest BCUT2D eigenvalue weighted by Gasteiger charge is -2.62. The summed E-state index contributed by atoms with van der Waals surface area (Å²) in [6.45, 7) is 8.21. The average Bonchev–Trinajstić information content (AvgIpc) is 2.64. The van der Waals surface area contributed by atoms with Crippen molar-refractivity contribution in [2.45, 2.75) is 90.1 Å². The molecule has 0 aromatic carbocycles. The Morgan fingerprint density at radius 2 is 1.68 bits per heavy atom. The minimum absolute atomic E-state index is 0.111. The van der Waals surface area contributed by atoms with Gasteiger partial charge in [0.1, 0.15) is 5.60 Å². The molecule has 0 aromatic heterocycles. The van der Waals surface area contributed by atoms with Crippen LogP contribution >= 0.6 is 0 Å². The summed E-state index contributed by atoms with van der Waals surface area (Å²) in [6, 6.07) is 0. The van der Waals surface area contributed by atoms with Crippen molar-refractivity contribution in [1.29, 1.82) is 0 Å². The van der Waals surface area contributed by atoms with Crippen molar-refractivity contribution in [1.82, 2.24) is 0 Å². The highest BCUT2D eigenvalue weighted by molar-refractivity contribution is 7.86. The van der Waals surface area contributed by atoms with Gasteiger partial charge in [0, 0.05) is 11.8 Å². The maximum atomic E-state index is 13.9. The number of hydrogen-bond acceptors (Lipinski definition) is 6. The smallest absolute Gasteiger partial charge is 0.405 e. The summed E-state index contributed by atoms with van der Waals surface area (Å²) >= 11 is 0. The molecular formula is C21H32F2O7S. The number of esters is 2. The lowest BCUT2D eigenvalue weighted by Crippen LogP contribution is -2.64. The predicted molar refractivity (Wildman–Crippen MR) is 107 cm³/mol. The lowest BCUT2D eigenvalue weighted by atomic mass is 9.45. The molecule has 0 spiro atoms. The SMILES string of the molecule is CCC(C)(C)C(=O)OC1(C)C2CC3CC1CC(C(=O)OC(C)C(F)(F)S(=O)(=O)O)(C3)C2. The molecule has 4 aliphatic carbocycles. The van der Waals surface area contributed by atoms with Gasteiger partial charge < -0.3 is 9.47 Å². The second-order valence-corrected chi connectivity index (χ2v) is 12.0. The fourth-order valence-electron chi connectivity index (χ4n) is 5.65. The van der Waals surface area contributed by atoms with Gasteiger partial charge in [-0.2, -0.15) is 17.2 Å². The summed E-state index contributed by atoms with van der Waals surface area (Å²) in [5, 5.41) is -4.60. The molecule has 0 radical (unpaired) electrons. The standard InChI is InChI=1S/C21H32F2O7S/c1-6-18(3,4)16(24)30-19(5)14-7-13-8-15(19)11-20(9-13,10-14)17(25)29-12(2)21(22,23)31(26,27)28/h12-15H,6-11H2,1-5H3,(H,26,27,28). The summed E-state index contributed by atoms with van der Waals surface area (Å²) in [5.74, 6) is -1.19. The van der Waals surface area contributed by atoms with Crippen LogP contribution in [0.4, 0.5) is 8.78 Å². The molecule has 0 aliphatic heterocycles. The van der Waals surface area contributed by atoms with Crippen LogP contribution < -0.4 is 0 Å². The van der Waals surface area contributed by atoms with Crippen LogP contribution in [0.1, 0.15) is 73.1 Å². The number of alkyl halides is 2. The van der Waals surface area contributed by atoms with Crippen molar-refractivity contribution in [3.05, 3.63) is 0 Å². The van der Waals surface area contributed by atoms with Crippen molar-refractivity contribution in [2.24, 2.45) is 28.6 Å². The Bertz CT molecular complexity index is 851. The quantitative estimate of drug-likeness (QED) is 0.447. The fourth-order valence-corrected chi connectivity index (χ4v) is 6.12. The third-order valence-corrected chi connectivity index (χ3v) is 9.11. The van der Waals surface area contributed by atoms with Crippen LogP contribution in [0, 0.1) is 28.6 Å². The molecule has 4 aliphatic rings. The molecule has 7 nitrogen and oxygen atoms in total. The molecular weight excluding hydrogens is 434 g/mol. The van der Waals surface area contributed by atoms with Gasteiger partial charge in [-0.25, -0.2) is 0 Å². The molecule has 4 saturated carbocycles. The Labute approximate surface area is 182 Å². The van der Waals surface area contributed by atoms with Gasteiger partial charge in [-0.1, -0.05) is 6.92 Å². The minimum Gasteiger partial charge on any atom is -0.458 e. The van der Waals surface area contributed by atoms with E-state index < -0.39 is 43.9 Å². The minimum atomic E-state index is -5.72. The van der Waals surface area contributed by atoms with Gasteiger partial charge in [-0.15, -0.1) is 0 Å². The first-order valence-corrected chi connectivity index (χ1v) is 12.2. The Kier molecular flexibility index (Phi) is 5.79. The Balaban J connectivity index is 1.80. The van der Waals surface area contributed by atoms with Crippen LogP contribution in [0.2, 0.25) is 0 Å². The van der Waals surface area contributed by atoms with E-state index in [1.54, 1.807) is 0 Å². The molecule has 1 N–H and O–H groups in total. The first-order chi connectivity index (χ1) is 14.0. The summed E-state index contributed by atoms with van der Waals surface area (Å²) in [7, 11) is -5.72. The Morgan fingerprint density at radius 1 is 1.16 bits per heavy atom. The van der Waals surface area contributed by atoms with E-state index in [9.17, 15) is 26.8 Å². The maximum absolute atomic E-state index is 13.9. The van der Waals surface area contributed by atoms with Gasteiger partial charge in [0.25, 0.3) is 0 Å². The first-order valence-electron chi connectivity index (χ1n) is 10.8. The van der Waals surface area contributed by atoms with Gasteiger partial charge in [0.15, 0.2) is 6.10 Å². The number of carbonyl (C=O) groups is 2. The van der Waals surface area contributed by atoms with Gasteiger partial charge in [0.2, 0.25) is 0 Å². The first kappa shape index (κ1) is 24.4. The topological polar surface area (TPSA) is 107 Å². The van der Waals surface area contributed by atoms with Crippen LogP contribution in [0.5, 0.6) is 0 Å². The molecule has 4 bridgehead atoms. The summed E-state index contributed by atoms with van der Waals surface area (Å²) in [4.78, 5) is 25.8. The van der Waals surface area contributed by atoms with E-state index in [1.807, 2.05) is 27.7 Å². The van der Waals surface area contributed by atoms with Crippen molar-refractivity contribution in [3.8, 4) is 0 Å². The van der Waals surface area contributed by atoms with Crippen molar-refractivity contribution in [2.75, 3.05) is 0 Å². The van der Waals surface area contributed by atoms with Crippen LogP contribution in [0.3, 0.4) is 0 Å². The highest BCUT2D eigenvalue weighted by Gasteiger charge is 2.66. The van der Waals surface area contributed by atoms with E-state index in [0.717, 1.165) is 19.8 Å². The van der Waals surface area contributed by atoms with Crippen LogP contribution in [0.25, 0.3) is 0 Å². The van der Waals surface area contributed by atoms with E-state index in [4.69, 9.17) is 14.0 Å². The van der Waals surface area contributed by atoms with Crippen molar-refractivity contribution in [3.63, 3.8) is 0 Å². The monoisotopic (exact) mass is 466 g/mol. The van der Waals surface area contributed by atoms with Crippen LogP contribution in [-0.2, 0) is 29.2 Å². The molecule has 0 saturated heterocycles. The maximum Gasteiger partial charge on any atom is 0.405 e. The largest absolute Gasteiger partial charge is 0.458 e. The molecule has 10 heteroatoms. The van der Waals surface area contributed by atoms with Crippen LogP contribution in [-0.4, -0.2) is 41.9 Å². The van der Waals surface area contributed by atoms with Gasteiger partial charge in [-0.05, 0) is 72.1 Å². The van der Waals surface area contributed by atoms with E-state index in [1.165, 1.54) is 0 Å². The Hall–Kier alpha value is -1.29. The van der Waals surface area contributed by atoms with Gasteiger partial charge in [-0.3, -0.25) is 14.1 Å². The van der Waals surface area contributed by atoms with E-state index in [0.29, 0.717) is 25.7 Å². The molecule has 4 fully saturated rings. The zero-order chi connectivity index (χ0) is 23.6. The van der Waals surface area contributed by atoms with Crippen molar-refractivity contribution < 1.29 is 40.8 Å².